The molecule has 0 aromatic heterocycles. The number of benzene rings is 1. The summed E-state index contributed by atoms with van der Waals surface area (Å²) in [5.41, 5.74) is 0.429. The van der Waals surface area contributed by atoms with Gasteiger partial charge in [0.1, 0.15) is 12.4 Å². The maximum atomic E-state index is 11.9. The van der Waals surface area contributed by atoms with Crippen molar-refractivity contribution in [2.24, 2.45) is 0 Å². The molecule has 1 aromatic rings. The molecule has 0 radical (unpaired) electrons. The molecule has 0 atom stereocenters. The van der Waals surface area contributed by atoms with Crippen LogP contribution in [0.25, 0.3) is 0 Å². The second kappa shape index (κ2) is 6.26. The lowest BCUT2D eigenvalue weighted by Gasteiger charge is -2.08. The van der Waals surface area contributed by atoms with Crippen LogP contribution < -0.4 is 4.74 Å². The van der Waals surface area contributed by atoms with Gasteiger partial charge >= 0.3 is 6.18 Å². The van der Waals surface area contributed by atoms with Gasteiger partial charge in [-0.25, -0.2) is 0 Å². The molecule has 0 heterocycles. The minimum absolute atomic E-state index is 0.0804. The lowest BCUT2D eigenvalue weighted by Crippen LogP contribution is -2.18. The van der Waals surface area contributed by atoms with Crippen LogP contribution in [0.3, 0.4) is 0 Å². The fraction of sp³-hybridized carbons (Fsp3) is 0.500. The summed E-state index contributed by atoms with van der Waals surface area (Å²) in [6.45, 7) is -1.57. The van der Waals surface area contributed by atoms with Gasteiger partial charge in [0.15, 0.2) is 5.78 Å². The number of carbonyl (C=O) groups excluding carboxylic acids is 1. The Bertz CT molecular complexity index is 467. The van der Waals surface area contributed by atoms with E-state index in [1.807, 2.05) is 0 Å². The zero-order valence-electron chi connectivity index (χ0n) is 10.8. The van der Waals surface area contributed by atoms with E-state index in [0.29, 0.717) is 11.3 Å². The first-order valence-electron chi connectivity index (χ1n) is 6.38. The van der Waals surface area contributed by atoms with Crippen molar-refractivity contribution >= 4 is 5.78 Å². The highest BCUT2D eigenvalue weighted by Gasteiger charge is 2.27. The van der Waals surface area contributed by atoms with Crippen LogP contribution in [0.5, 0.6) is 5.75 Å². The monoisotopic (exact) mass is 288 g/mol. The first-order chi connectivity index (χ1) is 9.44. The maximum absolute atomic E-state index is 11.9. The van der Waals surface area contributed by atoms with Gasteiger partial charge in [-0.1, -0.05) is 12.1 Å². The van der Waals surface area contributed by atoms with Gasteiger partial charge in [-0.05, 0) is 25.0 Å². The molecule has 110 valence electrons. The Balaban J connectivity index is 1.79. The molecule has 20 heavy (non-hydrogen) atoms. The standard InChI is InChI=1S/C14H15F3O3/c15-14(16,17)9-19-7-6-13(18)10-2-1-3-12(8-10)20-11-4-5-11/h1-3,8,11H,4-7,9H2. The van der Waals surface area contributed by atoms with Crippen LogP contribution in [0.2, 0.25) is 0 Å². The van der Waals surface area contributed by atoms with E-state index < -0.39 is 12.8 Å². The average Bonchev–Trinajstić information content (AvgIpc) is 3.17. The zero-order valence-corrected chi connectivity index (χ0v) is 10.8. The van der Waals surface area contributed by atoms with Crippen molar-refractivity contribution in [2.75, 3.05) is 13.2 Å². The first-order valence-corrected chi connectivity index (χ1v) is 6.38. The second-order valence-electron chi connectivity index (χ2n) is 4.69. The van der Waals surface area contributed by atoms with Crippen LogP contribution in [0.15, 0.2) is 24.3 Å². The fourth-order valence-electron chi connectivity index (χ4n) is 1.62. The predicted octanol–water partition coefficient (Wildman–Crippen LogP) is 3.38. The van der Waals surface area contributed by atoms with E-state index in [2.05, 4.69) is 4.74 Å². The average molecular weight is 288 g/mol. The van der Waals surface area contributed by atoms with Crippen LogP contribution >= 0.6 is 0 Å². The van der Waals surface area contributed by atoms with E-state index in [4.69, 9.17) is 4.74 Å². The summed E-state index contributed by atoms with van der Waals surface area (Å²) >= 11 is 0. The smallest absolute Gasteiger partial charge is 0.411 e. The molecular formula is C14H15F3O3. The number of rotatable bonds is 7. The highest BCUT2D eigenvalue weighted by molar-refractivity contribution is 5.96. The summed E-state index contributed by atoms with van der Waals surface area (Å²) in [5.74, 6) is 0.364. The van der Waals surface area contributed by atoms with Crippen molar-refractivity contribution in [2.45, 2.75) is 31.5 Å². The highest BCUT2D eigenvalue weighted by Crippen LogP contribution is 2.27. The number of halogens is 3. The summed E-state index contributed by atoms with van der Waals surface area (Å²) < 4.78 is 45.5. The van der Waals surface area contributed by atoms with Gasteiger partial charge in [-0.3, -0.25) is 4.79 Å². The normalized spacial score (nSPS) is 15.2. The van der Waals surface area contributed by atoms with Crippen molar-refractivity contribution in [3.8, 4) is 5.75 Å². The lowest BCUT2D eigenvalue weighted by atomic mass is 10.1. The summed E-state index contributed by atoms with van der Waals surface area (Å²) in [5, 5.41) is 0. The minimum Gasteiger partial charge on any atom is -0.490 e. The zero-order chi connectivity index (χ0) is 14.6. The van der Waals surface area contributed by atoms with Crippen molar-refractivity contribution in [1.29, 1.82) is 0 Å². The van der Waals surface area contributed by atoms with Crippen molar-refractivity contribution < 1.29 is 27.4 Å². The maximum Gasteiger partial charge on any atom is 0.411 e. The van der Waals surface area contributed by atoms with Crippen LogP contribution in [0.1, 0.15) is 29.6 Å². The van der Waals surface area contributed by atoms with Gasteiger partial charge in [-0.2, -0.15) is 13.2 Å². The molecule has 0 unspecified atom stereocenters. The van der Waals surface area contributed by atoms with Crippen LogP contribution in [0, 0.1) is 0 Å². The van der Waals surface area contributed by atoms with Crippen LogP contribution in [-0.2, 0) is 4.74 Å². The summed E-state index contributed by atoms with van der Waals surface area (Å²) in [6.07, 6.45) is -2.17. The molecule has 1 aliphatic carbocycles. The second-order valence-corrected chi connectivity index (χ2v) is 4.69. The Morgan fingerprint density at radius 3 is 2.70 bits per heavy atom. The van der Waals surface area contributed by atoms with Gasteiger partial charge < -0.3 is 9.47 Å². The van der Waals surface area contributed by atoms with E-state index in [-0.39, 0.29) is 24.9 Å². The highest BCUT2D eigenvalue weighted by atomic mass is 19.4. The molecular weight excluding hydrogens is 273 g/mol. The van der Waals surface area contributed by atoms with Gasteiger partial charge in [0.05, 0.1) is 12.7 Å². The SMILES string of the molecule is O=C(CCOCC(F)(F)F)c1cccc(OC2CC2)c1. The first kappa shape index (κ1) is 14.8. The van der Waals surface area contributed by atoms with Gasteiger partial charge in [0.2, 0.25) is 0 Å². The molecule has 0 spiro atoms. The van der Waals surface area contributed by atoms with Crippen LogP contribution in [-0.4, -0.2) is 31.3 Å². The molecule has 0 saturated heterocycles. The largest absolute Gasteiger partial charge is 0.490 e. The molecule has 6 heteroatoms. The lowest BCUT2D eigenvalue weighted by molar-refractivity contribution is -0.173. The van der Waals surface area contributed by atoms with E-state index in [1.165, 1.54) is 0 Å². The molecule has 0 bridgehead atoms. The van der Waals surface area contributed by atoms with E-state index in [1.54, 1.807) is 24.3 Å². The third-order valence-electron chi connectivity index (χ3n) is 2.72. The van der Waals surface area contributed by atoms with Gasteiger partial charge in [-0.15, -0.1) is 0 Å². The third-order valence-corrected chi connectivity index (χ3v) is 2.72. The summed E-state index contributed by atoms with van der Waals surface area (Å²) in [4.78, 5) is 11.8. The Kier molecular flexibility index (Phi) is 4.65. The van der Waals surface area contributed by atoms with Crippen molar-refractivity contribution in [1.82, 2.24) is 0 Å². The molecule has 1 aliphatic rings. The Labute approximate surface area is 114 Å². The number of carbonyl (C=O) groups is 1. The molecule has 1 aromatic carbocycles. The number of Topliss-reactive ketones (excluding diaryl/α,β-unsaturated/α-hetero) is 1. The number of hydrogen-bond donors (Lipinski definition) is 0. The number of alkyl halides is 3. The number of ether oxygens (including phenoxy) is 2. The summed E-state index contributed by atoms with van der Waals surface area (Å²) in [6, 6.07) is 6.69. The molecule has 1 saturated carbocycles. The summed E-state index contributed by atoms with van der Waals surface area (Å²) in [7, 11) is 0. The van der Waals surface area contributed by atoms with Gasteiger partial charge in [0.25, 0.3) is 0 Å². The quantitative estimate of drug-likeness (QED) is 0.570. The minimum atomic E-state index is -4.36. The molecule has 2 rings (SSSR count). The van der Waals surface area contributed by atoms with Crippen molar-refractivity contribution in [3.63, 3.8) is 0 Å². The van der Waals surface area contributed by atoms with E-state index in [0.717, 1.165) is 12.8 Å². The van der Waals surface area contributed by atoms with E-state index >= 15 is 0 Å². The van der Waals surface area contributed by atoms with Crippen molar-refractivity contribution in [3.05, 3.63) is 29.8 Å². The topological polar surface area (TPSA) is 35.5 Å². The molecule has 1 fully saturated rings. The van der Waals surface area contributed by atoms with Crippen LogP contribution in [0.4, 0.5) is 13.2 Å². The Morgan fingerprint density at radius 2 is 2.05 bits per heavy atom. The number of ketones is 1. The van der Waals surface area contributed by atoms with Gasteiger partial charge in [0, 0.05) is 12.0 Å². The van der Waals surface area contributed by atoms with E-state index in [9.17, 15) is 18.0 Å². The fourth-order valence-corrected chi connectivity index (χ4v) is 1.62. The Hall–Kier alpha value is -1.56. The molecule has 0 amide bonds. The Morgan fingerprint density at radius 1 is 1.30 bits per heavy atom. The molecule has 0 N–H and O–H groups in total. The number of hydrogen-bond acceptors (Lipinski definition) is 3. The third kappa shape index (κ3) is 5.21. The molecule has 3 nitrogen and oxygen atoms in total. The predicted molar refractivity (Wildman–Crippen MR) is 65.9 cm³/mol. The molecule has 0 aliphatic heterocycles.